The molecule has 0 aliphatic heterocycles. The summed E-state index contributed by atoms with van der Waals surface area (Å²) >= 11 is 0. The molecule has 33 aliphatic carbocycles. The third kappa shape index (κ3) is 0.385. The van der Waals surface area contributed by atoms with E-state index in [1.807, 2.05) is 25.7 Å². The topological polar surface area (TPSA) is 0 Å². The molecule has 48 heavy (non-hydrogen) atoms. The van der Waals surface area contributed by atoms with Crippen LogP contribution in [0.4, 0.5) is 0 Å². The summed E-state index contributed by atoms with van der Waals surface area (Å²) < 4.78 is 0. The third-order valence-corrected chi connectivity index (χ3v) is 40.5. The molecule has 33 fully saturated rings. The van der Waals surface area contributed by atoms with Crippen molar-refractivity contribution in [1.82, 2.24) is 0 Å². The number of fused-ring (bicyclic) bond motifs is 20. The Hall–Kier alpha value is 0. The molecule has 224 valence electrons. The van der Waals surface area contributed by atoms with E-state index in [0.29, 0.717) is 0 Å². The molecule has 0 nitrogen and oxygen atoms in total. The van der Waals surface area contributed by atoms with E-state index in [0.717, 1.165) is 108 Å². The van der Waals surface area contributed by atoms with Crippen LogP contribution in [0.5, 0.6) is 0 Å². The van der Waals surface area contributed by atoms with Crippen LogP contribution >= 0.6 is 0 Å². The molecule has 40 unspecified atom stereocenters. The van der Waals surface area contributed by atoms with Crippen LogP contribution < -0.4 is 0 Å². The fraction of sp³-hybridized carbons (Fsp3) is 1.00. The fourth-order valence-electron chi connectivity index (χ4n) is 50.4. The van der Waals surface area contributed by atoms with E-state index in [4.69, 9.17) is 0 Å². The van der Waals surface area contributed by atoms with Gasteiger partial charge in [0, 0.05) is 0 Å². The summed E-state index contributed by atoms with van der Waals surface area (Å²) in [6.07, 6.45) is 7.25. The van der Waals surface area contributed by atoms with E-state index in [1.54, 1.807) is 0 Å². The van der Waals surface area contributed by atoms with E-state index in [1.165, 1.54) is 142 Å². The molecular weight excluding hydrogens is 577 g/mol. The molecule has 0 N–H and O–H groups in total. The molecule has 0 saturated heterocycles. The Morgan fingerprint density at radius 2 is 0.333 bits per heavy atom. The Morgan fingerprint density at radius 1 is 0.167 bits per heavy atom. The lowest BCUT2D eigenvalue weighted by atomic mass is 8.45. The molecule has 0 heteroatoms. The highest BCUT2D eigenvalue weighted by Crippen LogP contribution is 3.60. The largest absolute Gasteiger partial charge is 0.0458 e. The molecule has 0 radical (unpaired) electrons. The average Bonchev–Trinajstić information content (AvgIpc) is 2.94. The van der Waals surface area contributed by atoms with Gasteiger partial charge in [-0.05, 0) is 276 Å². The van der Waals surface area contributed by atoms with Crippen molar-refractivity contribution in [1.29, 1.82) is 0 Å². The summed E-state index contributed by atoms with van der Waals surface area (Å²) in [7, 11) is 0. The van der Waals surface area contributed by atoms with Crippen LogP contribution in [0.3, 0.4) is 0 Å². The number of hydrogen-bond acceptors (Lipinski definition) is 0. The van der Waals surface area contributed by atoms with Crippen LogP contribution in [0.25, 0.3) is 0 Å². The molecule has 33 saturated carbocycles. The highest BCUT2D eigenvalue weighted by atomic mass is 15.6. The first-order chi connectivity index (χ1) is 23.9. The van der Waals surface area contributed by atoms with Crippen molar-refractivity contribution in [3.05, 3.63) is 0 Å². The van der Waals surface area contributed by atoms with Gasteiger partial charge in [0.1, 0.15) is 0 Å². The Bertz CT molecular complexity index is 2580. The molecule has 0 aromatic rings. The average molecular weight is 609 g/mol. The van der Waals surface area contributed by atoms with Crippen molar-refractivity contribution < 1.29 is 0 Å². The van der Waals surface area contributed by atoms with Crippen LogP contribution in [0.1, 0.15) is 25.7 Å². The summed E-state index contributed by atoms with van der Waals surface area (Å²) in [5, 5.41) is 0. The maximum Gasteiger partial charge on any atom is -0.00502 e. The van der Waals surface area contributed by atoms with Gasteiger partial charge in [0.15, 0.2) is 0 Å². The molecule has 0 aromatic heterocycles. The van der Waals surface area contributed by atoms with Gasteiger partial charge < -0.3 is 0 Å². The fourth-order valence-corrected chi connectivity index (χ4v) is 50.4. The molecular formula is C48H32. The van der Waals surface area contributed by atoms with Gasteiger partial charge in [0.05, 0.1) is 0 Å². The first-order valence-corrected chi connectivity index (χ1v) is 23.9. The molecule has 0 heterocycles. The number of hydrogen-bond donors (Lipinski definition) is 0. The second kappa shape index (κ2) is 2.59. The Balaban J connectivity index is 0.788. The van der Waals surface area contributed by atoms with Gasteiger partial charge in [-0.1, -0.05) is 0 Å². The summed E-state index contributed by atoms with van der Waals surface area (Å²) in [6.45, 7) is 0. The second-order valence-corrected chi connectivity index (χ2v) is 30.6. The zero-order chi connectivity index (χ0) is 26.7. The quantitative estimate of drug-likeness (QED) is 0.380. The second-order valence-electron chi connectivity index (χ2n) is 30.6. The van der Waals surface area contributed by atoms with Gasteiger partial charge >= 0.3 is 0 Å². The summed E-state index contributed by atoms with van der Waals surface area (Å²) in [5.41, 5.74) is 22.4. The van der Waals surface area contributed by atoms with Gasteiger partial charge in [-0.25, -0.2) is 0 Å². The SMILES string of the molecule is C1C2C3CC4C5C6C7C8C9C%10C%11C%12C%13CC%14C%15CC%16C%17C%18C%19C%20C%21C%22C%23C%24C1C21C34C52C%241C%231C62C72C%221C%211C%203C%194C%185C%176C%15%16C%14%13C%126C%115C%104C93C821. The minimum Gasteiger partial charge on any atom is -0.0458 e. The lowest BCUT2D eigenvalue weighted by Gasteiger charge is -3.57. The summed E-state index contributed by atoms with van der Waals surface area (Å²) in [6, 6.07) is 0. The van der Waals surface area contributed by atoms with Crippen LogP contribution in [0, 0.1) is 250 Å². The summed E-state index contributed by atoms with van der Waals surface area (Å²) in [4.78, 5) is 0. The smallest absolute Gasteiger partial charge is 0.00502 e. The Morgan fingerprint density at radius 3 is 0.542 bits per heavy atom. The minimum absolute atomic E-state index is 1.10. The molecule has 33 aliphatic rings. The predicted molar refractivity (Wildman–Crippen MR) is 151 cm³/mol. The van der Waals surface area contributed by atoms with Crippen molar-refractivity contribution in [2.24, 2.45) is 250 Å². The lowest BCUT2D eigenvalue weighted by molar-refractivity contribution is -1.12. The van der Waals surface area contributed by atoms with E-state index in [2.05, 4.69) is 0 Å². The Kier molecular flexibility index (Phi) is 0.894. The molecule has 20 spiro atoms. The van der Waals surface area contributed by atoms with Crippen LogP contribution in [-0.2, 0) is 0 Å². The van der Waals surface area contributed by atoms with Crippen molar-refractivity contribution >= 4 is 0 Å². The first kappa shape index (κ1) is 16.6. The van der Waals surface area contributed by atoms with E-state index < -0.39 is 0 Å². The van der Waals surface area contributed by atoms with Crippen LogP contribution in [0.2, 0.25) is 0 Å². The van der Waals surface area contributed by atoms with E-state index >= 15 is 0 Å². The maximum absolute atomic E-state index is 1.81. The van der Waals surface area contributed by atoms with Gasteiger partial charge in [0.2, 0.25) is 0 Å². The van der Waals surface area contributed by atoms with Gasteiger partial charge in [-0.2, -0.15) is 0 Å². The molecule has 0 amide bonds. The highest BCUT2D eigenvalue weighted by molar-refractivity contribution is 6.03. The van der Waals surface area contributed by atoms with Crippen molar-refractivity contribution in [2.45, 2.75) is 25.7 Å². The first-order valence-electron chi connectivity index (χ1n) is 23.9. The van der Waals surface area contributed by atoms with Gasteiger partial charge in [0.25, 0.3) is 0 Å². The van der Waals surface area contributed by atoms with Crippen molar-refractivity contribution in [2.75, 3.05) is 0 Å². The van der Waals surface area contributed by atoms with Crippen molar-refractivity contribution in [3.63, 3.8) is 0 Å². The normalized spacial score (nSPS) is 136. The predicted octanol–water partition coefficient (Wildman–Crippen LogP) is 4.51. The molecule has 0 bridgehead atoms. The van der Waals surface area contributed by atoms with Crippen LogP contribution in [0.15, 0.2) is 0 Å². The maximum atomic E-state index is 1.81. The summed E-state index contributed by atoms with van der Waals surface area (Å²) in [5.74, 6) is 33.4. The zero-order valence-corrected chi connectivity index (χ0v) is 26.7. The lowest BCUT2D eigenvalue weighted by Crippen LogP contribution is -3.56. The molecule has 0 aromatic carbocycles. The van der Waals surface area contributed by atoms with Gasteiger partial charge in [-0.3, -0.25) is 0 Å². The molecule has 40 atom stereocenters. The molecule has 33 rings (SSSR count). The highest BCUT2D eigenvalue weighted by Gasteiger charge is 3.58. The van der Waals surface area contributed by atoms with E-state index in [9.17, 15) is 0 Å². The van der Waals surface area contributed by atoms with Crippen molar-refractivity contribution in [3.8, 4) is 0 Å². The standard InChI is InChI=1S/C48H32/c1-5-6-2-10-14-18-22-27-28-24-20-16-12-4-8-7-3-11-15-19-23-26-25-21-17-13-9(1)29(5)30(6,10)34(14)33(13,29)37(17)38(18,34)42(22)41(21,37)45(25)46(26)43(23)39(19)35(15)31(7,11)32(8,12)36(16,35)40(20,39)44(24,43)48(28,46)47(27,42)45/h5-28H,1-4H2. The zero-order valence-electron chi connectivity index (χ0n) is 26.7. The minimum atomic E-state index is 1.10. The van der Waals surface area contributed by atoms with Crippen LogP contribution in [-0.4, -0.2) is 0 Å². The van der Waals surface area contributed by atoms with E-state index in [-0.39, 0.29) is 0 Å². The van der Waals surface area contributed by atoms with Gasteiger partial charge in [-0.15, -0.1) is 0 Å². The monoisotopic (exact) mass is 608 g/mol. The number of rotatable bonds is 0. The Labute approximate surface area is 275 Å². The third-order valence-electron chi connectivity index (χ3n) is 40.5.